The Hall–Kier alpha value is -0.680. The Morgan fingerprint density at radius 2 is 2.05 bits per heavy atom. The van der Waals surface area contributed by atoms with Gasteiger partial charge >= 0.3 is 0 Å². The molecule has 20 heavy (non-hydrogen) atoms. The van der Waals surface area contributed by atoms with Gasteiger partial charge in [0.2, 0.25) is 0 Å². The summed E-state index contributed by atoms with van der Waals surface area (Å²) in [4.78, 5) is 1.09. The summed E-state index contributed by atoms with van der Waals surface area (Å²) in [6, 6.07) is 13.2. The van der Waals surface area contributed by atoms with E-state index < -0.39 is 6.10 Å². The van der Waals surface area contributed by atoms with Gasteiger partial charge in [-0.3, -0.25) is 0 Å². The van der Waals surface area contributed by atoms with E-state index in [1.54, 1.807) is 37.1 Å². The summed E-state index contributed by atoms with van der Waals surface area (Å²) in [7, 11) is 1.58. The van der Waals surface area contributed by atoms with Crippen molar-refractivity contribution in [1.82, 2.24) is 0 Å². The standard InChI is InChI=1S/C15H14BrClO2S/c1-19-14-7-6-10(17)8-11(14)13(18)9-20-15-5-3-2-4-12(15)16/h2-8,13,18H,9H2,1H3. The van der Waals surface area contributed by atoms with Crippen LogP contribution < -0.4 is 4.74 Å². The number of aliphatic hydroxyl groups is 1. The molecule has 0 bridgehead atoms. The van der Waals surface area contributed by atoms with Gasteiger partial charge in [-0.25, -0.2) is 0 Å². The maximum absolute atomic E-state index is 10.3. The highest BCUT2D eigenvalue weighted by atomic mass is 79.9. The molecule has 2 nitrogen and oxygen atoms in total. The molecule has 1 atom stereocenters. The molecule has 0 radical (unpaired) electrons. The van der Waals surface area contributed by atoms with E-state index in [1.807, 2.05) is 24.3 Å². The summed E-state index contributed by atoms with van der Waals surface area (Å²) in [5.74, 6) is 1.17. The van der Waals surface area contributed by atoms with Gasteiger partial charge in [0.25, 0.3) is 0 Å². The van der Waals surface area contributed by atoms with E-state index in [2.05, 4.69) is 15.9 Å². The van der Waals surface area contributed by atoms with Crippen LogP contribution in [-0.4, -0.2) is 18.0 Å². The summed E-state index contributed by atoms with van der Waals surface area (Å²) in [6.45, 7) is 0. The molecule has 1 N–H and O–H groups in total. The average molecular weight is 374 g/mol. The van der Waals surface area contributed by atoms with Crippen molar-refractivity contribution in [3.05, 3.63) is 57.5 Å². The largest absolute Gasteiger partial charge is 0.496 e. The lowest BCUT2D eigenvalue weighted by molar-refractivity contribution is 0.199. The number of rotatable bonds is 5. The third-order valence-electron chi connectivity index (χ3n) is 2.78. The molecule has 106 valence electrons. The van der Waals surface area contributed by atoms with Crippen LogP contribution in [-0.2, 0) is 0 Å². The van der Waals surface area contributed by atoms with Crippen molar-refractivity contribution in [2.24, 2.45) is 0 Å². The van der Waals surface area contributed by atoms with Crippen LogP contribution in [0.5, 0.6) is 5.75 Å². The van der Waals surface area contributed by atoms with Crippen LogP contribution in [0.1, 0.15) is 11.7 Å². The van der Waals surface area contributed by atoms with Crippen LogP contribution in [0.4, 0.5) is 0 Å². The number of methoxy groups -OCH3 is 1. The molecule has 0 amide bonds. The fourth-order valence-corrected chi connectivity index (χ4v) is 3.49. The van der Waals surface area contributed by atoms with Crippen LogP contribution in [0.3, 0.4) is 0 Å². The number of ether oxygens (including phenoxy) is 1. The Bertz CT molecular complexity index is 592. The molecule has 1 unspecified atom stereocenters. The highest BCUT2D eigenvalue weighted by molar-refractivity contribution is 9.10. The number of hydrogen-bond acceptors (Lipinski definition) is 3. The second kappa shape index (κ2) is 7.36. The zero-order valence-electron chi connectivity index (χ0n) is 10.8. The summed E-state index contributed by atoms with van der Waals surface area (Å²) >= 11 is 11.1. The van der Waals surface area contributed by atoms with Crippen molar-refractivity contribution in [3.8, 4) is 5.75 Å². The molecule has 2 aromatic rings. The lowest BCUT2D eigenvalue weighted by atomic mass is 10.1. The smallest absolute Gasteiger partial charge is 0.124 e. The van der Waals surface area contributed by atoms with Gasteiger partial charge in [-0.15, -0.1) is 11.8 Å². The van der Waals surface area contributed by atoms with Crippen LogP contribution in [0.25, 0.3) is 0 Å². The topological polar surface area (TPSA) is 29.5 Å². The van der Waals surface area contributed by atoms with Gasteiger partial charge in [0.1, 0.15) is 5.75 Å². The molecule has 5 heteroatoms. The predicted octanol–water partition coefficient (Wildman–Crippen LogP) is 4.94. The summed E-state index contributed by atoms with van der Waals surface area (Å²) < 4.78 is 6.28. The van der Waals surface area contributed by atoms with Crippen LogP contribution in [0.15, 0.2) is 51.8 Å². The highest BCUT2D eigenvalue weighted by Crippen LogP contribution is 2.34. The Labute approximate surface area is 136 Å². The second-order valence-electron chi connectivity index (χ2n) is 4.14. The van der Waals surface area contributed by atoms with E-state index in [0.29, 0.717) is 22.1 Å². The maximum atomic E-state index is 10.3. The number of halogens is 2. The molecule has 0 aliphatic carbocycles. The normalized spacial score (nSPS) is 12.2. The van der Waals surface area contributed by atoms with Gasteiger partial charge in [-0.2, -0.15) is 0 Å². The second-order valence-corrected chi connectivity index (χ2v) is 6.50. The van der Waals surface area contributed by atoms with Crippen molar-refractivity contribution in [1.29, 1.82) is 0 Å². The first-order chi connectivity index (χ1) is 9.61. The molecule has 0 saturated heterocycles. The summed E-state index contributed by atoms with van der Waals surface area (Å²) in [6.07, 6.45) is -0.638. The minimum absolute atomic E-state index is 0.527. The van der Waals surface area contributed by atoms with Crippen LogP contribution in [0, 0.1) is 0 Å². The first kappa shape index (κ1) is 15.7. The molecule has 0 spiro atoms. The van der Waals surface area contributed by atoms with E-state index in [0.717, 1.165) is 9.37 Å². The zero-order chi connectivity index (χ0) is 14.5. The van der Waals surface area contributed by atoms with Crippen LogP contribution in [0.2, 0.25) is 5.02 Å². The monoisotopic (exact) mass is 372 g/mol. The van der Waals surface area contributed by atoms with Crippen molar-refractivity contribution in [3.63, 3.8) is 0 Å². The lowest BCUT2D eigenvalue weighted by Crippen LogP contribution is -2.03. The Balaban J connectivity index is 2.11. The molecular weight excluding hydrogens is 360 g/mol. The number of hydrogen-bond donors (Lipinski definition) is 1. The first-order valence-corrected chi connectivity index (χ1v) is 8.16. The van der Waals surface area contributed by atoms with E-state index in [4.69, 9.17) is 16.3 Å². The molecule has 0 aliphatic rings. The van der Waals surface area contributed by atoms with E-state index in [9.17, 15) is 5.11 Å². The van der Waals surface area contributed by atoms with Crippen molar-refractivity contribution in [2.45, 2.75) is 11.0 Å². The van der Waals surface area contributed by atoms with Crippen molar-refractivity contribution < 1.29 is 9.84 Å². The SMILES string of the molecule is COc1ccc(Cl)cc1C(O)CSc1ccccc1Br. The third kappa shape index (κ3) is 3.92. The summed E-state index contributed by atoms with van der Waals surface area (Å²) in [5, 5.41) is 10.9. The van der Waals surface area contributed by atoms with Gasteiger partial charge in [0, 0.05) is 25.7 Å². The predicted molar refractivity (Wildman–Crippen MR) is 87.8 cm³/mol. The number of benzene rings is 2. The lowest BCUT2D eigenvalue weighted by Gasteiger charge is -2.15. The highest BCUT2D eigenvalue weighted by Gasteiger charge is 2.15. The number of aliphatic hydroxyl groups excluding tert-OH is 1. The minimum atomic E-state index is -0.638. The van der Waals surface area contributed by atoms with E-state index in [-0.39, 0.29) is 0 Å². The Morgan fingerprint density at radius 1 is 1.30 bits per heavy atom. The van der Waals surface area contributed by atoms with E-state index in [1.165, 1.54) is 0 Å². The zero-order valence-corrected chi connectivity index (χ0v) is 14.0. The minimum Gasteiger partial charge on any atom is -0.496 e. The molecule has 0 heterocycles. The van der Waals surface area contributed by atoms with Gasteiger partial charge in [0.05, 0.1) is 13.2 Å². The van der Waals surface area contributed by atoms with E-state index >= 15 is 0 Å². The molecule has 2 aromatic carbocycles. The quantitative estimate of drug-likeness (QED) is 0.753. The van der Waals surface area contributed by atoms with Gasteiger partial charge in [0.15, 0.2) is 0 Å². The van der Waals surface area contributed by atoms with Crippen molar-refractivity contribution >= 4 is 39.3 Å². The van der Waals surface area contributed by atoms with Gasteiger partial charge in [-0.05, 0) is 46.3 Å². The molecule has 0 fully saturated rings. The van der Waals surface area contributed by atoms with Crippen LogP contribution >= 0.6 is 39.3 Å². The number of thioether (sulfide) groups is 1. The average Bonchev–Trinajstić information content (AvgIpc) is 2.46. The molecule has 2 rings (SSSR count). The first-order valence-electron chi connectivity index (χ1n) is 6.00. The third-order valence-corrected chi connectivity index (χ3v) is 5.12. The van der Waals surface area contributed by atoms with Gasteiger partial charge < -0.3 is 9.84 Å². The maximum Gasteiger partial charge on any atom is 0.124 e. The molecule has 0 aliphatic heterocycles. The molecule has 0 aromatic heterocycles. The fraction of sp³-hybridized carbons (Fsp3) is 0.200. The molecular formula is C15H14BrClO2S. The molecule has 0 saturated carbocycles. The van der Waals surface area contributed by atoms with Gasteiger partial charge in [-0.1, -0.05) is 23.7 Å². The fourth-order valence-electron chi connectivity index (χ4n) is 1.79. The Morgan fingerprint density at radius 3 is 2.75 bits per heavy atom. The van der Waals surface area contributed by atoms with Crippen molar-refractivity contribution in [2.75, 3.05) is 12.9 Å². The summed E-state index contributed by atoms with van der Waals surface area (Å²) in [5.41, 5.74) is 0.708. The Kier molecular flexibility index (Phi) is 5.78.